The second kappa shape index (κ2) is 7.46. The molecular weight excluding hydrogens is 260 g/mol. The summed E-state index contributed by atoms with van der Waals surface area (Å²) in [5, 5.41) is 15.7. The zero-order chi connectivity index (χ0) is 14.2. The van der Waals surface area contributed by atoms with E-state index in [0.29, 0.717) is 25.0 Å². The van der Waals surface area contributed by atoms with Crippen LogP contribution < -0.4 is 9.47 Å². The van der Waals surface area contributed by atoms with Crippen LogP contribution in [0, 0.1) is 0 Å². The Bertz CT molecular complexity index is 463. The van der Waals surface area contributed by atoms with Gasteiger partial charge in [0.05, 0.1) is 13.2 Å². The number of ether oxygens (including phenoxy) is 2. The molecule has 0 aliphatic rings. The second-order valence-corrected chi connectivity index (χ2v) is 4.16. The molecule has 0 saturated heterocycles. The van der Waals surface area contributed by atoms with Crippen LogP contribution in [-0.4, -0.2) is 43.2 Å². The van der Waals surface area contributed by atoms with Crippen LogP contribution >= 0.6 is 0 Å². The predicted octanol–water partition coefficient (Wildman–Crippen LogP) is 1.15. The molecule has 0 saturated carbocycles. The number of aromatic nitrogens is 6. The van der Waals surface area contributed by atoms with Crippen LogP contribution in [-0.2, 0) is 13.1 Å². The molecule has 8 heteroatoms. The third-order valence-corrected chi connectivity index (χ3v) is 2.74. The Hall–Kier alpha value is -2.12. The second-order valence-electron chi connectivity index (χ2n) is 4.16. The molecule has 0 fully saturated rings. The SMILES string of the molecule is CCOc1cnnn1CCCCn1nncc1OCC. The van der Waals surface area contributed by atoms with E-state index in [1.807, 2.05) is 13.8 Å². The molecule has 110 valence electrons. The van der Waals surface area contributed by atoms with Crippen LogP contribution in [0.5, 0.6) is 11.8 Å². The molecule has 2 rings (SSSR count). The molecule has 0 amide bonds. The van der Waals surface area contributed by atoms with E-state index < -0.39 is 0 Å². The van der Waals surface area contributed by atoms with Crippen molar-refractivity contribution in [2.75, 3.05) is 13.2 Å². The van der Waals surface area contributed by atoms with Crippen molar-refractivity contribution in [3.63, 3.8) is 0 Å². The van der Waals surface area contributed by atoms with Gasteiger partial charge < -0.3 is 9.47 Å². The average molecular weight is 280 g/mol. The molecule has 0 bridgehead atoms. The monoisotopic (exact) mass is 280 g/mol. The van der Waals surface area contributed by atoms with Gasteiger partial charge >= 0.3 is 0 Å². The smallest absolute Gasteiger partial charge is 0.232 e. The summed E-state index contributed by atoms with van der Waals surface area (Å²) in [6, 6.07) is 0. The van der Waals surface area contributed by atoms with E-state index in [2.05, 4.69) is 20.6 Å². The van der Waals surface area contributed by atoms with Gasteiger partial charge in [0.1, 0.15) is 12.4 Å². The summed E-state index contributed by atoms with van der Waals surface area (Å²) in [6.07, 6.45) is 5.17. The molecule has 0 aromatic carbocycles. The van der Waals surface area contributed by atoms with Crippen molar-refractivity contribution in [3.05, 3.63) is 12.4 Å². The molecule has 0 aliphatic carbocycles. The first-order valence-corrected chi connectivity index (χ1v) is 6.87. The van der Waals surface area contributed by atoms with E-state index in [-0.39, 0.29) is 0 Å². The maximum Gasteiger partial charge on any atom is 0.232 e. The fourth-order valence-corrected chi connectivity index (χ4v) is 1.85. The topological polar surface area (TPSA) is 79.9 Å². The summed E-state index contributed by atoms with van der Waals surface area (Å²) >= 11 is 0. The maximum atomic E-state index is 5.42. The Morgan fingerprint density at radius 2 is 1.30 bits per heavy atom. The summed E-state index contributed by atoms with van der Waals surface area (Å²) < 4.78 is 14.4. The largest absolute Gasteiger partial charge is 0.477 e. The van der Waals surface area contributed by atoms with Crippen molar-refractivity contribution >= 4 is 0 Å². The lowest BCUT2D eigenvalue weighted by atomic mass is 10.3. The minimum atomic E-state index is 0.615. The quantitative estimate of drug-likeness (QED) is 0.641. The highest BCUT2D eigenvalue weighted by Gasteiger charge is 2.06. The molecule has 8 nitrogen and oxygen atoms in total. The van der Waals surface area contributed by atoms with Crippen LogP contribution in [0.4, 0.5) is 0 Å². The molecular formula is C12H20N6O2. The van der Waals surface area contributed by atoms with E-state index in [0.717, 1.165) is 25.9 Å². The van der Waals surface area contributed by atoms with E-state index in [4.69, 9.17) is 9.47 Å². The van der Waals surface area contributed by atoms with E-state index in [1.54, 1.807) is 21.8 Å². The van der Waals surface area contributed by atoms with Crippen LogP contribution in [0.1, 0.15) is 26.7 Å². The highest BCUT2D eigenvalue weighted by Crippen LogP contribution is 2.11. The first-order valence-electron chi connectivity index (χ1n) is 6.87. The number of hydrogen-bond acceptors (Lipinski definition) is 6. The lowest BCUT2D eigenvalue weighted by Gasteiger charge is -2.07. The van der Waals surface area contributed by atoms with E-state index >= 15 is 0 Å². The van der Waals surface area contributed by atoms with E-state index in [9.17, 15) is 0 Å². The molecule has 20 heavy (non-hydrogen) atoms. The van der Waals surface area contributed by atoms with Crippen molar-refractivity contribution in [1.82, 2.24) is 30.0 Å². The third-order valence-electron chi connectivity index (χ3n) is 2.74. The van der Waals surface area contributed by atoms with Gasteiger partial charge in [-0.1, -0.05) is 10.4 Å². The summed E-state index contributed by atoms with van der Waals surface area (Å²) in [4.78, 5) is 0. The summed E-state index contributed by atoms with van der Waals surface area (Å²) in [6.45, 7) is 6.66. The highest BCUT2D eigenvalue weighted by molar-refractivity contribution is 5.02. The molecule has 0 unspecified atom stereocenters. The minimum absolute atomic E-state index is 0.615. The lowest BCUT2D eigenvalue weighted by molar-refractivity contribution is 0.291. The lowest BCUT2D eigenvalue weighted by Crippen LogP contribution is -2.08. The van der Waals surface area contributed by atoms with Crippen molar-refractivity contribution in [1.29, 1.82) is 0 Å². The summed E-state index contributed by atoms with van der Waals surface area (Å²) in [7, 11) is 0. The Morgan fingerprint density at radius 1 is 0.850 bits per heavy atom. The fraction of sp³-hybridized carbons (Fsp3) is 0.667. The zero-order valence-electron chi connectivity index (χ0n) is 11.9. The number of hydrogen-bond donors (Lipinski definition) is 0. The average Bonchev–Trinajstić information content (AvgIpc) is 3.06. The Morgan fingerprint density at radius 3 is 1.70 bits per heavy atom. The van der Waals surface area contributed by atoms with E-state index in [1.165, 1.54) is 0 Å². The molecule has 2 aromatic rings. The number of aryl methyl sites for hydroxylation is 2. The molecule has 0 N–H and O–H groups in total. The van der Waals surface area contributed by atoms with Gasteiger partial charge in [0.2, 0.25) is 11.8 Å². The fourth-order valence-electron chi connectivity index (χ4n) is 1.85. The van der Waals surface area contributed by atoms with Crippen LogP contribution in [0.15, 0.2) is 12.4 Å². The molecule has 2 aromatic heterocycles. The molecule has 2 heterocycles. The van der Waals surface area contributed by atoms with Crippen molar-refractivity contribution in [3.8, 4) is 11.8 Å². The van der Waals surface area contributed by atoms with Gasteiger partial charge in [-0.05, 0) is 26.7 Å². The molecule has 0 atom stereocenters. The zero-order valence-corrected chi connectivity index (χ0v) is 11.9. The normalized spacial score (nSPS) is 10.7. The van der Waals surface area contributed by atoms with Gasteiger partial charge in [-0.2, -0.15) is 0 Å². The summed E-state index contributed by atoms with van der Waals surface area (Å²) in [5.74, 6) is 1.42. The first-order chi connectivity index (χ1) is 9.85. The van der Waals surface area contributed by atoms with Gasteiger partial charge in [-0.15, -0.1) is 10.2 Å². The predicted molar refractivity (Wildman–Crippen MR) is 71.6 cm³/mol. The Kier molecular flexibility index (Phi) is 5.33. The number of rotatable bonds is 9. The molecule has 0 aliphatic heterocycles. The maximum absolute atomic E-state index is 5.42. The van der Waals surface area contributed by atoms with Crippen LogP contribution in [0.25, 0.3) is 0 Å². The number of unbranched alkanes of at least 4 members (excludes halogenated alkanes) is 1. The minimum Gasteiger partial charge on any atom is -0.477 e. The van der Waals surface area contributed by atoms with Crippen LogP contribution in [0.2, 0.25) is 0 Å². The highest BCUT2D eigenvalue weighted by atomic mass is 16.5. The van der Waals surface area contributed by atoms with Gasteiger partial charge in [0, 0.05) is 13.1 Å². The third kappa shape index (κ3) is 3.69. The van der Waals surface area contributed by atoms with Crippen molar-refractivity contribution in [2.45, 2.75) is 39.8 Å². The molecule has 0 spiro atoms. The van der Waals surface area contributed by atoms with Crippen molar-refractivity contribution < 1.29 is 9.47 Å². The van der Waals surface area contributed by atoms with Crippen molar-refractivity contribution in [2.24, 2.45) is 0 Å². The molecule has 0 radical (unpaired) electrons. The van der Waals surface area contributed by atoms with Gasteiger partial charge in [0.25, 0.3) is 0 Å². The van der Waals surface area contributed by atoms with Gasteiger partial charge in [-0.3, -0.25) is 0 Å². The summed E-state index contributed by atoms with van der Waals surface area (Å²) in [5.41, 5.74) is 0. The number of nitrogens with zero attached hydrogens (tertiary/aromatic N) is 6. The first kappa shape index (κ1) is 14.3. The standard InChI is InChI=1S/C12H20N6O2/c1-3-19-11-9-13-15-17(11)7-5-6-8-18-12(20-4-2)10-14-16-18/h9-10H,3-8H2,1-2H3. The van der Waals surface area contributed by atoms with Gasteiger partial charge in [0.15, 0.2) is 0 Å². The van der Waals surface area contributed by atoms with Crippen LogP contribution in [0.3, 0.4) is 0 Å². The van der Waals surface area contributed by atoms with Gasteiger partial charge in [-0.25, -0.2) is 9.36 Å². The Balaban J connectivity index is 1.76. The Labute approximate surface area is 117 Å².